The van der Waals surface area contributed by atoms with Crippen LogP contribution in [0, 0.1) is 6.92 Å². The maximum absolute atomic E-state index is 9.84. The van der Waals surface area contributed by atoms with Gasteiger partial charge in [-0.25, -0.2) is 0 Å². The normalized spacial score (nSPS) is 20.2. The summed E-state index contributed by atoms with van der Waals surface area (Å²) in [5.74, 6) is 0. The lowest BCUT2D eigenvalue weighted by atomic mass is 9.93. The molecule has 1 aromatic rings. The van der Waals surface area contributed by atoms with Gasteiger partial charge < -0.3 is 9.84 Å². The molecule has 0 aromatic carbocycles. The van der Waals surface area contributed by atoms with Crippen molar-refractivity contribution in [2.24, 2.45) is 0 Å². The van der Waals surface area contributed by atoms with Gasteiger partial charge in [0, 0.05) is 18.0 Å². The third kappa shape index (κ3) is 1.11. The van der Waals surface area contributed by atoms with Crippen LogP contribution in [0.3, 0.4) is 0 Å². The van der Waals surface area contributed by atoms with Crippen molar-refractivity contribution in [1.29, 1.82) is 0 Å². The Bertz CT molecular complexity index is 294. The minimum atomic E-state index is -0.779. The van der Waals surface area contributed by atoms with Gasteiger partial charge >= 0.3 is 0 Å². The van der Waals surface area contributed by atoms with Crippen LogP contribution < -0.4 is 0 Å². The van der Waals surface area contributed by atoms with E-state index in [1.165, 1.54) is 0 Å². The Kier molecular flexibility index (Phi) is 1.63. The Morgan fingerprint density at radius 2 is 2.25 bits per heavy atom. The molecular weight excluding hydrogens is 154 g/mol. The topological polar surface area (TPSA) is 42.4 Å². The van der Waals surface area contributed by atoms with E-state index in [4.69, 9.17) is 4.74 Å². The van der Waals surface area contributed by atoms with Crippen LogP contribution in [0.25, 0.3) is 0 Å². The van der Waals surface area contributed by atoms with E-state index in [2.05, 4.69) is 4.98 Å². The smallest absolute Gasteiger partial charge is 0.137 e. The maximum atomic E-state index is 9.84. The average Bonchev–Trinajstić information content (AvgIpc) is 2.00. The summed E-state index contributed by atoms with van der Waals surface area (Å²) >= 11 is 0. The van der Waals surface area contributed by atoms with Gasteiger partial charge in [0.25, 0.3) is 0 Å². The zero-order valence-corrected chi connectivity index (χ0v) is 6.95. The summed E-state index contributed by atoms with van der Waals surface area (Å²) in [6.07, 6.45) is 3.46. The predicted octanol–water partition coefficient (Wildman–Crippen LogP) is 0.608. The third-order valence-corrected chi connectivity index (χ3v) is 2.09. The quantitative estimate of drug-likeness (QED) is 0.663. The van der Waals surface area contributed by atoms with E-state index in [-0.39, 0.29) is 0 Å². The van der Waals surface area contributed by atoms with Crippen molar-refractivity contribution in [3.63, 3.8) is 0 Å². The van der Waals surface area contributed by atoms with E-state index < -0.39 is 5.60 Å². The van der Waals surface area contributed by atoms with Crippen molar-refractivity contribution >= 4 is 0 Å². The Morgan fingerprint density at radius 1 is 1.50 bits per heavy atom. The number of aryl methyl sites for hydroxylation is 1. The van der Waals surface area contributed by atoms with Crippen LogP contribution in [0.1, 0.15) is 11.1 Å². The molecular formula is C9H11NO2. The summed E-state index contributed by atoms with van der Waals surface area (Å²) in [5, 5.41) is 9.84. The van der Waals surface area contributed by atoms with Gasteiger partial charge in [-0.2, -0.15) is 0 Å². The van der Waals surface area contributed by atoms with Gasteiger partial charge in [0.15, 0.2) is 0 Å². The largest absolute Gasteiger partial charge is 0.380 e. The van der Waals surface area contributed by atoms with Crippen molar-refractivity contribution in [1.82, 2.24) is 4.98 Å². The van der Waals surface area contributed by atoms with E-state index in [0.29, 0.717) is 13.2 Å². The SMILES string of the molecule is Cc1cncc(C2(O)COC2)c1. The molecule has 0 amide bonds. The zero-order chi connectivity index (χ0) is 8.60. The number of ether oxygens (including phenoxy) is 1. The van der Waals surface area contributed by atoms with Crippen LogP contribution in [0.5, 0.6) is 0 Å². The second kappa shape index (κ2) is 2.54. The highest BCUT2D eigenvalue weighted by molar-refractivity contribution is 5.24. The Morgan fingerprint density at radius 3 is 2.75 bits per heavy atom. The first-order valence-electron chi connectivity index (χ1n) is 3.93. The Labute approximate surface area is 71.0 Å². The van der Waals surface area contributed by atoms with Crippen LogP contribution in [0.2, 0.25) is 0 Å². The fraction of sp³-hybridized carbons (Fsp3) is 0.444. The van der Waals surface area contributed by atoms with Gasteiger partial charge in [0.2, 0.25) is 0 Å². The maximum Gasteiger partial charge on any atom is 0.137 e. The van der Waals surface area contributed by atoms with E-state index in [0.717, 1.165) is 11.1 Å². The molecule has 2 rings (SSSR count). The van der Waals surface area contributed by atoms with E-state index in [1.807, 2.05) is 13.0 Å². The molecule has 1 aliphatic heterocycles. The van der Waals surface area contributed by atoms with Crippen molar-refractivity contribution in [2.75, 3.05) is 13.2 Å². The molecule has 3 heteroatoms. The molecule has 64 valence electrons. The van der Waals surface area contributed by atoms with Crippen molar-refractivity contribution in [3.05, 3.63) is 29.6 Å². The average molecular weight is 165 g/mol. The number of aliphatic hydroxyl groups is 1. The second-order valence-electron chi connectivity index (χ2n) is 3.28. The van der Waals surface area contributed by atoms with Crippen LogP contribution in [-0.2, 0) is 10.3 Å². The van der Waals surface area contributed by atoms with Gasteiger partial charge in [-0.05, 0) is 18.6 Å². The first-order valence-corrected chi connectivity index (χ1v) is 3.93. The molecule has 1 saturated heterocycles. The fourth-order valence-electron chi connectivity index (χ4n) is 1.27. The molecule has 0 radical (unpaired) electrons. The van der Waals surface area contributed by atoms with Crippen molar-refractivity contribution in [3.8, 4) is 0 Å². The Balaban J connectivity index is 2.33. The number of pyridine rings is 1. The monoisotopic (exact) mass is 165 g/mol. The van der Waals surface area contributed by atoms with Gasteiger partial charge in [0.05, 0.1) is 13.2 Å². The molecule has 0 spiro atoms. The van der Waals surface area contributed by atoms with Gasteiger partial charge in [0.1, 0.15) is 5.60 Å². The molecule has 3 nitrogen and oxygen atoms in total. The lowest BCUT2D eigenvalue weighted by Gasteiger charge is -2.36. The van der Waals surface area contributed by atoms with Crippen molar-refractivity contribution < 1.29 is 9.84 Å². The highest BCUT2D eigenvalue weighted by Crippen LogP contribution is 2.28. The van der Waals surface area contributed by atoms with E-state index in [9.17, 15) is 5.11 Å². The number of nitrogens with zero attached hydrogens (tertiary/aromatic N) is 1. The molecule has 0 aliphatic carbocycles. The summed E-state index contributed by atoms with van der Waals surface area (Å²) < 4.78 is 4.95. The molecule has 1 aromatic heterocycles. The molecule has 0 saturated carbocycles. The summed E-state index contributed by atoms with van der Waals surface area (Å²) in [7, 11) is 0. The molecule has 1 aliphatic rings. The standard InChI is InChI=1S/C9H11NO2/c1-7-2-8(4-10-3-7)9(11)5-12-6-9/h2-4,11H,5-6H2,1H3. The molecule has 0 unspecified atom stereocenters. The van der Waals surface area contributed by atoms with Gasteiger partial charge in [-0.3, -0.25) is 4.98 Å². The lowest BCUT2D eigenvalue weighted by molar-refractivity contribution is -0.184. The van der Waals surface area contributed by atoms with Crippen LogP contribution >= 0.6 is 0 Å². The Hall–Kier alpha value is -0.930. The highest BCUT2D eigenvalue weighted by atomic mass is 16.5. The molecule has 2 heterocycles. The van der Waals surface area contributed by atoms with Gasteiger partial charge in [-0.15, -0.1) is 0 Å². The van der Waals surface area contributed by atoms with E-state index in [1.54, 1.807) is 12.4 Å². The second-order valence-corrected chi connectivity index (χ2v) is 3.28. The number of rotatable bonds is 1. The predicted molar refractivity (Wildman–Crippen MR) is 43.7 cm³/mol. The number of aromatic nitrogens is 1. The molecule has 1 fully saturated rings. The lowest BCUT2D eigenvalue weighted by Crippen LogP contribution is -2.46. The first-order chi connectivity index (χ1) is 5.71. The minimum Gasteiger partial charge on any atom is -0.380 e. The van der Waals surface area contributed by atoms with Crippen LogP contribution in [0.4, 0.5) is 0 Å². The first kappa shape index (κ1) is 7.71. The third-order valence-electron chi connectivity index (χ3n) is 2.09. The molecule has 0 bridgehead atoms. The van der Waals surface area contributed by atoms with E-state index >= 15 is 0 Å². The zero-order valence-electron chi connectivity index (χ0n) is 6.95. The minimum absolute atomic E-state index is 0.387. The molecule has 12 heavy (non-hydrogen) atoms. The van der Waals surface area contributed by atoms with Crippen LogP contribution in [-0.4, -0.2) is 23.3 Å². The fourth-order valence-corrected chi connectivity index (χ4v) is 1.27. The summed E-state index contributed by atoms with van der Waals surface area (Å²) in [6.45, 7) is 2.73. The van der Waals surface area contributed by atoms with Crippen LogP contribution in [0.15, 0.2) is 18.5 Å². The molecule has 0 atom stereocenters. The van der Waals surface area contributed by atoms with Crippen molar-refractivity contribution in [2.45, 2.75) is 12.5 Å². The summed E-state index contributed by atoms with van der Waals surface area (Å²) in [6, 6.07) is 1.94. The van der Waals surface area contributed by atoms with Gasteiger partial charge in [-0.1, -0.05) is 0 Å². The summed E-state index contributed by atoms with van der Waals surface area (Å²) in [5.41, 5.74) is 1.14. The number of hydrogen-bond acceptors (Lipinski definition) is 3. The molecule has 1 N–H and O–H groups in total. The highest BCUT2D eigenvalue weighted by Gasteiger charge is 2.38. The summed E-state index contributed by atoms with van der Waals surface area (Å²) in [4.78, 5) is 4.02. The number of hydrogen-bond donors (Lipinski definition) is 1.